The molecule has 0 radical (unpaired) electrons. The van der Waals surface area contributed by atoms with Crippen LogP contribution in [0.25, 0.3) is 0 Å². The smallest absolute Gasteiger partial charge is 0.236 e. The van der Waals surface area contributed by atoms with E-state index < -0.39 is 0 Å². The Morgan fingerprint density at radius 1 is 0.889 bits per heavy atom. The Morgan fingerprint density at radius 2 is 1.61 bits per heavy atom. The minimum Gasteiger partial charge on any atom is -0.275 e. The second-order valence-corrected chi connectivity index (χ2v) is 4.66. The highest BCUT2D eigenvalue weighted by molar-refractivity contribution is 5.77. The van der Waals surface area contributed by atoms with Crippen molar-refractivity contribution in [1.82, 2.24) is 15.0 Å². The Bertz CT molecular complexity index is 323. The monoisotopic (exact) mass is 247 g/mol. The molecule has 0 bridgehead atoms. The van der Waals surface area contributed by atoms with Gasteiger partial charge in [0.1, 0.15) is 0 Å². The summed E-state index contributed by atoms with van der Waals surface area (Å²) in [6.45, 7) is 3.14. The predicted molar refractivity (Wildman–Crippen MR) is 70.6 cm³/mol. The molecule has 2 fully saturated rings. The summed E-state index contributed by atoms with van der Waals surface area (Å²) >= 11 is 0. The van der Waals surface area contributed by atoms with E-state index in [1.54, 1.807) is 12.4 Å². The van der Waals surface area contributed by atoms with E-state index in [1.165, 1.54) is 19.3 Å². The molecule has 3 heterocycles. The van der Waals surface area contributed by atoms with Gasteiger partial charge in [0.2, 0.25) is 5.91 Å². The molecule has 0 aromatic carbocycles. The minimum atomic E-state index is 0.330. The Kier molecular flexibility index (Phi) is 5.15. The van der Waals surface area contributed by atoms with Gasteiger partial charge in [-0.25, -0.2) is 5.01 Å². The fourth-order valence-electron chi connectivity index (χ4n) is 2.36. The van der Waals surface area contributed by atoms with E-state index in [9.17, 15) is 4.79 Å². The van der Waals surface area contributed by atoms with Crippen LogP contribution in [0.4, 0.5) is 0 Å². The molecule has 4 nitrogen and oxygen atoms in total. The highest BCUT2D eigenvalue weighted by atomic mass is 16.2. The number of carbonyl (C=O) groups is 1. The summed E-state index contributed by atoms with van der Waals surface area (Å²) in [6.07, 6.45) is 9.15. The first kappa shape index (κ1) is 13.0. The average molecular weight is 247 g/mol. The van der Waals surface area contributed by atoms with Crippen LogP contribution < -0.4 is 0 Å². The van der Waals surface area contributed by atoms with E-state index in [0.29, 0.717) is 5.91 Å². The minimum absolute atomic E-state index is 0.330. The number of piperidine rings is 1. The summed E-state index contributed by atoms with van der Waals surface area (Å²) in [5, 5.41) is 4.19. The third-order valence-electron chi connectivity index (χ3n) is 3.29. The number of carbonyl (C=O) groups excluding carboxylic acids is 1. The summed E-state index contributed by atoms with van der Waals surface area (Å²) in [6, 6.07) is 5.72. The van der Waals surface area contributed by atoms with E-state index in [0.717, 1.165) is 32.5 Å². The van der Waals surface area contributed by atoms with E-state index in [1.807, 2.05) is 23.2 Å². The van der Waals surface area contributed by atoms with E-state index in [2.05, 4.69) is 9.99 Å². The molecular formula is C14H21N3O. The number of hydrogen-bond donors (Lipinski definition) is 0. The van der Waals surface area contributed by atoms with Crippen molar-refractivity contribution in [1.29, 1.82) is 0 Å². The quantitative estimate of drug-likeness (QED) is 0.762. The molecule has 0 aliphatic carbocycles. The largest absolute Gasteiger partial charge is 0.275 e. The summed E-state index contributed by atoms with van der Waals surface area (Å²) in [5.41, 5.74) is 0. The molecule has 2 aliphatic rings. The number of rotatable bonds is 1. The van der Waals surface area contributed by atoms with Crippen LogP contribution in [0.1, 0.15) is 32.1 Å². The van der Waals surface area contributed by atoms with Crippen molar-refractivity contribution in [3.05, 3.63) is 30.6 Å². The molecule has 4 heteroatoms. The van der Waals surface area contributed by atoms with Gasteiger partial charge in [0.05, 0.1) is 0 Å². The van der Waals surface area contributed by atoms with Crippen LogP contribution in [0.15, 0.2) is 30.6 Å². The van der Waals surface area contributed by atoms with Gasteiger partial charge in [-0.3, -0.25) is 14.8 Å². The Hall–Kier alpha value is -1.42. The van der Waals surface area contributed by atoms with Crippen LogP contribution in [-0.4, -0.2) is 40.5 Å². The first-order valence-electron chi connectivity index (χ1n) is 6.78. The van der Waals surface area contributed by atoms with Gasteiger partial charge in [-0.1, -0.05) is 12.5 Å². The van der Waals surface area contributed by atoms with Crippen molar-refractivity contribution in [2.45, 2.75) is 32.1 Å². The Balaban J connectivity index is 0.000000169. The summed E-state index contributed by atoms with van der Waals surface area (Å²) in [5.74, 6) is 0.330. The number of amides is 1. The zero-order chi connectivity index (χ0) is 12.6. The molecule has 0 atom stereocenters. The van der Waals surface area contributed by atoms with E-state index >= 15 is 0 Å². The maximum atomic E-state index is 11.4. The topological polar surface area (TPSA) is 36.4 Å². The molecule has 1 aromatic rings. The molecule has 2 saturated heterocycles. The van der Waals surface area contributed by atoms with Gasteiger partial charge in [-0.15, -0.1) is 0 Å². The summed E-state index contributed by atoms with van der Waals surface area (Å²) in [4.78, 5) is 15.1. The third-order valence-corrected chi connectivity index (χ3v) is 3.29. The van der Waals surface area contributed by atoms with Gasteiger partial charge >= 0.3 is 0 Å². The molecule has 1 amide bonds. The normalized spacial score (nSPS) is 20.4. The lowest BCUT2D eigenvalue weighted by molar-refractivity contribution is -0.144. The fourth-order valence-corrected chi connectivity index (χ4v) is 2.36. The second kappa shape index (κ2) is 7.11. The maximum Gasteiger partial charge on any atom is 0.236 e. The van der Waals surface area contributed by atoms with Gasteiger partial charge in [-0.2, -0.15) is 0 Å². The zero-order valence-electron chi connectivity index (χ0n) is 10.8. The molecule has 3 rings (SSSR count). The lowest BCUT2D eigenvalue weighted by Gasteiger charge is -2.34. The van der Waals surface area contributed by atoms with Gasteiger partial charge in [-0.05, 0) is 31.4 Å². The molecule has 1 aromatic heterocycles. The second-order valence-electron chi connectivity index (χ2n) is 4.66. The third kappa shape index (κ3) is 3.81. The maximum absolute atomic E-state index is 11.4. The van der Waals surface area contributed by atoms with Gasteiger partial charge in [0.15, 0.2) is 0 Å². The van der Waals surface area contributed by atoms with Crippen LogP contribution in [0.3, 0.4) is 0 Å². The fraction of sp³-hybridized carbons (Fsp3) is 0.571. The number of pyridine rings is 1. The standard InChI is InChI=1S/C9H16N2O.C5H5N/c12-9-5-4-8-11(9)10-6-2-1-3-7-10;1-2-4-6-5-3-1/h1-8H2;1-5H. The van der Waals surface area contributed by atoms with Crippen LogP contribution in [0.5, 0.6) is 0 Å². The molecule has 98 valence electrons. The highest BCUT2D eigenvalue weighted by Gasteiger charge is 2.26. The molecule has 18 heavy (non-hydrogen) atoms. The van der Waals surface area contributed by atoms with Crippen LogP contribution in [-0.2, 0) is 4.79 Å². The summed E-state index contributed by atoms with van der Waals surface area (Å²) in [7, 11) is 0. The summed E-state index contributed by atoms with van der Waals surface area (Å²) < 4.78 is 0. The molecule has 0 N–H and O–H groups in total. The molecule has 2 aliphatic heterocycles. The lowest BCUT2D eigenvalue weighted by atomic mass is 10.2. The number of hydrogen-bond acceptors (Lipinski definition) is 3. The van der Waals surface area contributed by atoms with Crippen molar-refractivity contribution in [2.24, 2.45) is 0 Å². The molecular weight excluding hydrogens is 226 g/mol. The van der Waals surface area contributed by atoms with Crippen molar-refractivity contribution < 1.29 is 4.79 Å². The number of nitrogens with zero attached hydrogens (tertiary/aromatic N) is 3. The lowest BCUT2D eigenvalue weighted by Crippen LogP contribution is -2.46. The van der Waals surface area contributed by atoms with Crippen LogP contribution >= 0.6 is 0 Å². The molecule has 0 unspecified atom stereocenters. The van der Waals surface area contributed by atoms with Crippen molar-refractivity contribution in [3.63, 3.8) is 0 Å². The highest BCUT2D eigenvalue weighted by Crippen LogP contribution is 2.17. The first-order valence-corrected chi connectivity index (χ1v) is 6.78. The molecule has 0 spiro atoms. The van der Waals surface area contributed by atoms with Crippen molar-refractivity contribution >= 4 is 5.91 Å². The Morgan fingerprint density at radius 3 is 2.06 bits per heavy atom. The Labute approximate surface area is 109 Å². The van der Waals surface area contributed by atoms with Crippen LogP contribution in [0.2, 0.25) is 0 Å². The van der Waals surface area contributed by atoms with Gasteiger partial charge in [0, 0.05) is 38.4 Å². The number of hydrazine groups is 1. The average Bonchev–Trinajstić information content (AvgIpc) is 2.89. The van der Waals surface area contributed by atoms with E-state index in [-0.39, 0.29) is 0 Å². The zero-order valence-corrected chi connectivity index (χ0v) is 10.8. The van der Waals surface area contributed by atoms with Crippen LogP contribution in [0, 0.1) is 0 Å². The van der Waals surface area contributed by atoms with Gasteiger partial charge < -0.3 is 0 Å². The molecule has 0 saturated carbocycles. The predicted octanol–water partition coefficient (Wildman–Crippen LogP) is 2.09. The van der Waals surface area contributed by atoms with Crippen molar-refractivity contribution in [2.75, 3.05) is 19.6 Å². The van der Waals surface area contributed by atoms with Gasteiger partial charge in [0.25, 0.3) is 0 Å². The first-order chi connectivity index (χ1) is 8.88. The number of aromatic nitrogens is 1. The van der Waals surface area contributed by atoms with Crippen molar-refractivity contribution in [3.8, 4) is 0 Å². The SMILES string of the molecule is O=C1CCCN1N1CCCCC1.c1ccncc1. The van der Waals surface area contributed by atoms with E-state index in [4.69, 9.17) is 0 Å².